The summed E-state index contributed by atoms with van der Waals surface area (Å²) in [5.41, 5.74) is 4.33. The molecule has 172 valence electrons. The molecule has 8 heteroatoms. The molecule has 0 saturated carbocycles. The van der Waals surface area contributed by atoms with Crippen molar-refractivity contribution in [2.75, 3.05) is 19.6 Å². The van der Waals surface area contributed by atoms with Gasteiger partial charge in [0.15, 0.2) is 12.2 Å². The number of benzene rings is 2. The first-order chi connectivity index (χ1) is 16.2. The number of β-amino-alcohol motifs (C(OH)–C–C–N with tert-alkyl or cyclic N) is 1. The number of aliphatic hydroxyl groups excluding tert-OH is 1. The number of carbonyl (C=O) groups excluding carboxylic acids is 1. The Labute approximate surface area is 192 Å². The van der Waals surface area contributed by atoms with Gasteiger partial charge >= 0.3 is 6.09 Å². The summed E-state index contributed by atoms with van der Waals surface area (Å²) < 4.78 is 11.0. The Morgan fingerprint density at radius 3 is 2.73 bits per heavy atom. The monoisotopic (exact) mass is 448 g/mol. The molecule has 3 atom stereocenters. The molecule has 0 bridgehead atoms. The van der Waals surface area contributed by atoms with E-state index >= 15 is 0 Å². The lowest BCUT2D eigenvalue weighted by Crippen LogP contribution is -2.41. The van der Waals surface area contributed by atoms with Gasteiger partial charge in [-0.2, -0.15) is 0 Å². The number of carbonyl (C=O) groups is 1. The molecule has 1 amide bonds. The third-order valence-electron chi connectivity index (χ3n) is 6.38. The number of amides is 1. The molecule has 5 rings (SSSR count). The largest absolute Gasteiger partial charge is 0.444 e. The van der Waals surface area contributed by atoms with Crippen molar-refractivity contribution in [3.8, 4) is 11.3 Å². The average Bonchev–Trinajstić information content (AvgIpc) is 3.44. The number of rotatable bonds is 7. The van der Waals surface area contributed by atoms with E-state index in [1.807, 2.05) is 36.4 Å². The Hall–Kier alpha value is -3.20. The maximum Gasteiger partial charge on any atom is 0.407 e. The van der Waals surface area contributed by atoms with Crippen LogP contribution in [0.4, 0.5) is 4.79 Å². The van der Waals surface area contributed by atoms with Crippen molar-refractivity contribution in [3.05, 3.63) is 77.8 Å². The normalized spacial score (nSPS) is 22.6. The second-order valence-corrected chi connectivity index (χ2v) is 8.67. The molecule has 1 aromatic heterocycles. The van der Waals surface area contributed by atoms with Crippen molar-refractivity contribution >= 4 is 6.09 Å². The van der Waals surface area contributed by atoms with E-state index in [2.05, 4.69) is 33.1 Å². The molecule has 33 heavy (non-hydrogen) atoms. The van der Waals surface area contributed by atoms with Crippen molar-refractivity contribution in [2.45, 2.75) is 37.1 Å². The lowest BCUT2D eigenvalue weighted by molar-refractivity contribution is 0.0188. The highest BCUT2D eigenvalue weighted by Crippen LogP contribution is 2.23. The van der Waals surface area contributed by atoms with Gasteiger partial charge < -0.3 is 30.2 Å². The number of aliphatic hydroxyl groups is 1. The molecule has 0 aliphatic carbocycles. The van der Waals surface area contributed by atoms with Gasteiger partial charge in [-0.3, -0.25) is 0 Å². The molecule has 2 aliphatic heterocycles. The molecule has 2 fully saturated rings. The van der Waals surface area contributed by atoms with Crippen LogP contribution in [0.5, 0.6) is 0 Å². The molecular weight excluding hydrogens is 420 g/mol. The summed E-state index contributed by atoms with van der Waals surface area (Å²) in [4.78, 5) is 16.4. The summed E-state index contributed by atoms with van der Waals surface area (Å²) in [6, 6.07) is 16.0. The summed E-state index contributed by atoms with van der Waals surface area (Å²) in [5.74, 6) is 1.26. The van der Waals surface area contributed by atoms with Crippen LogP contribution in [-0.2, 0) is 17.7 Å². The van der Waals surface area contributed by atoms with E-state index in [1.165, 1.54) is 12.0 Å². The average molecular weight is 449 g/mol. The van der Waals surface area contributed by atoms with Crippen LogP contribution in [0.3, 0.4) is 0 Å². The summed E-state index contributed by atoms with van der Waals surface area (Å²) in [6.45, 7) is 2.76. The van der Waals surface area contributed by atoms with Gasteiger partial charge in [-0.1, -0.05) is 48.5 Å². The molecule has 3 heterocycles. The Morgan fingerprint density at radius 2 is 2.00 bits per heavy atom. The Morgan fingerprint density at radius 1 is 1.15 bits per heavy atom. The highest BCUT2D eigenvalue weighted by molar-refractivity contribution is 5.67. The zero-order valence-electron chi connectivity index (χ0n) is 18.2. The van der Waals surface area contributed by atoms with Gasteiger partial charge in [0.2, 0.25) is 0 Å². The maximum absolute atomic E-state index is 12.5. The number of hydrogen-bond acceptors (Lipinski definition) is 7. The van der Waals surface area contributed by atoms with Crippen LogP contribution in [0.15, 0.2) is 65.5 Å². The fourth-order valence-corrected chi connectivity index (χ4v) is 4.36. The first-order valence-electron chi connectivity index (χ1n) is 11.3. The minimum absolute atomic E-state index is 0.170. The molecule has 3 aromatic rings. The molecule has 2 aliphatic rings. The predicted octanol–water partition coefficient (Wildman–Crippen LogP) is 2.20. The number of ether oxygens (including phenoxy) is 1. The Balaban J connectivity index is 1.15. The van der Waals surface area contributed by atoms with E-state index < -0.39 is 18.3 Å². The molecule has 4 N–H and O–H groups in total. The third-order valence-corrected chi connectivity index (χ3v) is 6.38. The van der Waals surface area contributed by atoms with Gasteiger partial charge in [0.25, 0.3) is 0 Å². The zero-order valence-corrected chi connectivity index (χ0v) is 18.2. The maximum atomic E-state index is 12.5. The predicted molar refractivity (Wildman–Crippen MR) is 123 cm³/mol. The van der Waals surface area contributed by atoms with E-state index in [0.717, 1.165) is 29.8 Å². The standard InChI is InChI=1S/C25H28N4O4/c30-22-13-28-21(9-16-4-6-18(7-5-16)23-14-27-15-32-23)24(22)33-25(31)29-10-17-2-1-3-19(8-17)20-11-26-12-20/h1-8,14-15,20-22,24,26,28,30H,9-13H2,(H,29,31)/t21-,22+,24+/m1/s1. The molecule has 0 unspecified atom stereocenters. The number of hydrogen-bond donors (Lipinski definition) is 4. The first-order valence-corrected chi connectivity index (χ1v) is 11.3. The van der Waals surface area contributed by atoms with E-state index in [4.69, 9.17) is 9.15 Å². The van der Waals surface area contributed by atoms with Crippen molar-refractivity contribution < 1.29 is 19.1 Å². The fraction of sp³-hybridized carbons (Fsp3) is 0.360. The molecule has 0 radical (unpaired) electrons. The van der Waals surface area contributed by atoms with Crippen LogP contribution in [0, 0.1) is 0 Å². The topological polar surface area (TPSA) is 109 Å². The summed E-state index contributed by atoms with van der Waals surface area (Å²) in [7, 11) is 0. The third kappa shape index (κ3) is 5.08. The SMILES string of the molecule is O=C(NCc1cccc(C2CNC2)c1)O[C@@H]1[C@@H](O)CN[C@@H]1Cc1ccc(-c2cnco2)cc1. The smallest absolute Gasteiger partial charge is 0.407 e. The number of nitrogens with one attached hydrogen (secondary N) is 3. The lowest BCUT2D eigenvalue weighted by atomic mass is 9.92. The first kappa shape index (κ1) is 21.6. The van der Waals surface area contributed by atoms with Crippen molar-refractivity contribution in [1.29, 1.82) is 0 Å². The molecule has 2 saturated heterocycles. The number of alkyl carbamates (subject to hydrolysis) is 1. The molecule has 0 spiro atoms. The molecule has 8 nitrogen and oxygen atoms in total. The van der Waals surface area contributed by atoms with Crippen LogP contribution >= 0.6 is 0 Å². The highest BCUT2D eigenvalue weighted by Gasteiger charge is 2.37. The van der Waals surface area contributed by atoms with Crippen molar-refractivity contribution in [1.82, 2.24) is 20.9 Å². The fourth-order valence-electron chi connectivity index (χ4n) is 4.36. The highest BCUT2D eigenvalue weighted by atomic mass is 16.6. The van der Waals surface area contributed by atoms with Crippen LogP contribution in [-0.4, -0.2) is 54.1 Å². The summed E-state index contributed by atoms with van der Waals surface area (Å²) in [6.07, 6.45) is 1.82. The quantitative estimate of drug-likeness (QED) is 0.439. The van der Waals surface area contributed by atoms with E-state index in [9.17, 15) is 9.90 Å². The summed E-state index contributed by atoms with van der Waals surface area (Å²) >= 11 is 0. The van der Waals surface area contributed by atoms with E-state index in [1.54, 1.807) is 6.20 Å². The van der Waals surface area contributed by atoms with Gasteiger partial charge in [-0.05, 0) is 23.1 Å². The Bertz CT molecular complexity index is 1070. The molecular formula is C25H28N4O4. The number of nitrogens with zero attached hydrogens (tertiary/aromatic N) is 1. The van der Waals surface area contributed by atoms with Gasteiger partial charge in [0.1, 0.15) is 12.2 Å². The van der Waals surface area contributed by atoms with Crippen LogP contribution in [0.1, 0.15) is 22.6 Å². The number of oxazole rings is 1. The van der Waals surface area contributed by atoms with Crippen molar-refractivity contribution in [3.63, 3.8) is 0 Å². The second kappa shape index (κ2) is 9.74. The van der Waals surface area contributed by atoms with E-state index in [0.29, 0.717) is 31.2 Å². The number of aromatic nitrogens is 1. The minimum Gasteiger partial charge on any atom is -0.444 e. The lowest BCUT2D eigenvalue weighted by Gasteiger charge is -2.27. The van der Waals surface area contributed by atoms with E-state index in [-0.39, 0.29) is 6.04 Å². The summed E-state index contributed by atoms with van der Waals surface area (Å²) in [5, 5.41) is 19.8. The zero-order chi connectivity index (χ0) is 22.6. The van der Waals surface area contributed by atoms with Crippen LogP contribution in [0.2, 0.25) is 0 Å². The van der Waals surface area contributed by atoms with Crippen LogP contribution in [0.25, 0.3) is 11.3 Å². The Kier molecular flexibility index (Phi) is 6.39. The van der Waals surface area contributed by atoms with Gasteiger partial charge in [0.05, 0.1) is 12.2 Å². The van der Waals surface area contributed by atoms with Crippen molar-refractivity contribution in [2.24, 2.45) is 0 Å². The van der Waals surface area contributed by atoms with Gasteiger partial charge in [0, 0.05) is 37.7 Å². The second-order valence-electron chi connectivity index (χ2n) is 8.67. The van der Waals surface area contributed by atoms with Gasteiger partial charge in [-0.25, -0.2) is 9.78 Å². The van der Waals surface area contributed by atoms with Gasteiger partial charge in [-0.15, -0.1) is 0 Å². The van der Waals surface area contributed by atoms with Crippen LogP contribution < -0.4 is 16.0 Å². The molecule has 2 aromatic carbocycles. The minimum atomic E-state index is -0.747.